The number of amides is 1. The Morgan fingerprint density at radius 2 is 2.00 bits per heavy atom. The van der Waals surface area contributed by atoms with Crippen LogP contribution in [0.25, 0.3) is 0 Å². The Balaban J connectivity index is 1.50. The zero-order valence-electron chi connectivity index (χ0n) is 13.6. The van der Waals surface area contributed by atoms with E-state index < -0.39 is 0 Å². The highest BCUT2D eigenvalue weighted by atomic mass is 32.1. The predicted octanol–water partition coefficient (Wildman–Crippen LogP) is 3.27. The van der Waals surface area contributed by atoms with E-state index in [0.717, 1.165) is 54.4 Å². The average Bonchev–Trinajstić information content (AvgIpc) is 3.21. The maximum absolute atomic E-state index is 12.8. The summed E-state index contributed by atoms with van der Waals surface area (Å²) < 4.78 is 0. The van der Waals surface area contributed by atoms with Crippen molar-refractivity contribution in [2.24, 2.45) is 0 Å². The van der Waals surface area contributed by atoms with Gasteiger partial charge < -0.3 is 4.90 Å². The lowest BCUT2D eigenvalue weighted by molar-refractivity contribution is 0.0795. The van der Waals surface area contributed by atoms with Crippen LogP contribution in [0.2, 0.25) is 0 Å². The number of aryl methyl sites for hydroxylation is 4. The van der Waals surface area contributed by atoms with Gasteiger partial charge in [-0.1, -0.05) is 0 Å². The molecule has 1 saturated heterocycles. The van der Waals surface area contributed by atoms with Crippen molar-refractivity contribution < 1.29 is 4.79 Å². The summed E-state index contributed by atoms with van der Waals surface area (Å²) in [5.41, 5.74) is 3.41. The van der Waals surface area contributed by atoms with Gasteiger partial charge in [-0.3, -0.25) is 4.79 Å². The molecule has 2 aromatic heterocycles. The van der Waals surface area contributed by atoms with Crippen LogP contribution in [0, 0.1) is 13.8 Å². The molecule has 23 heavy (non-hydrogen) atoms. The Hall–Kier alpha value is -1.75. The molecule has 0 saturated carbocycles. The topological polar surface area (TPSA) is 46.1 Å². The third kappa shape index (κ3) is 2.78. The summed E-state index contributed by atoms with van der Waals surface area (Å²) in [6.07, 6.45) is 4.48. The first-order chi connectivity index (χ1) is 11.1. The third-order valence-corrected chi connectivity index (χ3v) is 6.02. The zero-order chi connectivity index (χ0) is 16.0. The average molecular weight is 327 g/mol. The first-order valence-corrected chi connectivity index (χ1v) is 9.15. The van der Waals surface area contributed by atoms with E-state index >= 15 is 0 Å². The monoisotopic (exact) mass is 327 g/mol. The van der Waals surface area contributed by atoms with Crippen molar-refractivity contribution in [2.45, 2.75) is 45.4 Å². The molecule has 5 heteroatoms. The minimum absolute atomic E-state index is 0.191. The lowest BCUT2D eigenvalue weighted by Crippen LogP contribution is -2.28. The molecule has 1 aliphatic heterocycles. The van der Waals surface area contributed by atoms with Crippen molar-refractivity contribution in [2.75, 3.05) is 13.1 Å². The van der Waals surface area contributed by atoms with Gasteiger partial charge in [-0.2, -0.15) is 0 Å². The fourth-order valence-electron chi connectivity index (χ4n) is 3.68. The molecule has 120 valence electrons. The molecule has 0 spiro atoms. The third-order valence-electron chi connectivity index (χ3n) is 4.80. The SMILES string of the molecule is Cc1cc(C)nc([C@@H]2CCN(C(=O)c3cc4c(s3)CCC4)C2)n1. The van der Waals surface area contributed by atoms with Crippen LogP contribution in [0.4, 0.5) is 0 Å². The van der Waals surface area contributed by atoms with E-state index in [9.17, 15) is 4.79 Å². The van der Waals surface area contributed by atoms with E-state index in [1.165, 1.54) is 16.9 Å². The molecule has 0 unspecified atom stereocenters. The van der Waals surface area contributed by atoms with Crippen molar-refractivity contribution >= 4 is 17.2 Å². The van der Waals surface area contributed by atoms with Gasteiger partial charge in [0.15, 0.2) is 0 Å². The van der Waals surface area contributed by atoms with Crippen molar-refractivity contribution in [1.82, 2.24) is 14.9 Å². The Kier molecular flexibility index (Phi) is 3.68. The standard InChI is InChI=1S/C18H21N3OS/c1-11-8-12(2)20-17(19-11)14-6-7-21(10-14)18(22)16-9-13-4-3-5-15(13)23-16/h8-9,14H,3-7,10H2,1-2H3/t14-/m1/s1. The summed E-state index contributed by atoms with van der Waals surface area (Å²) in [4.78, 5) is 26.2. The molecule has 0 radical (unpaired) electrons. The molecule has 1 fully saturated rings. The predicted molar refractivity (Wildman–Crippen MR) is 91.1 cm³/mol. The normalized spacial score (nSPS) is 20.1. The summed E-state index contributed by atoms with van der Waals surface area (Å²) in [5, 5.41) is 0. The Labute approximate surface area is 140 Å². The second-order valence-electron chi connectivity index (χ2n) is 6.66. The maximum atomic E-state index is 12.8. The minimum atomic E-state index is 0.191. The molecule has 2 aromatic rings. The number of carbonyl (C=O) groups is 1. The number of thiophene rings is 1. The van der Waals surface area contributed by atoms with E-state index in [1.807, 2.05) is 24.8 Å². The van der Waals surface area contributed by atoms with E-state index in [0.29, 0.717) is 0 Å². The molecule has 0 N–H and O–H groups in total. The molecular weight excluding hydrogens is 306 g/mol. The zero-order valence-corrected chi connectivity index (χ0v) is 14.4. The number of hydrogen-bond donors (Lipinski definition) is 0. The highest BCUT2D eigenvalue weighted by molar-refractivity contribution is 7.14. The van der Waals surface area contributed by atoms with Gasteiger partial charge in [-0.15, -0.1) is 11.3 Å². The first kappa shape index (κ1) is 14.8. The Morgan fingerprint density at radius 1 is 1.22 bits per heavy atom. The summed E-state index contributed by atoms with van der Waals surface area (Å²) >= 11 is 1.70. The van der Waals surface area contributed by atoms with Gasteiger partial charge in [0.2, 0.25) is 0 Å². The first-order valence-electron chi connectivity index (χ1n) is 8.33. The van der Waals surface area contributed by atoms with Gasteiger partial charge in [0.25, 0.3) is 5.91 Å². The molecule has 4 rings (SSSR count). The van der Waals surface area contributed by atoms with E-state index in [1.54, 1.807) is 11.3 Å². The lowest BCUT2D eigenvalue weighted by atomic mass is 10.1. The van der Waals surface area contributed by atoms with Gasteiger partial charge in [0.05, 0.1) is 4.88 Å². The van der Waals surface area contributed by atoms with Crippen LogP contribution in [-0.2, 0) is 12.8 Å². The van der Waals surface area contributed by atoms with Crippen LogP contribution in [0.15, 0.2) is 12.1 Å². The van der Waals surface area contributed by atoms with Crippen molar-refractivity contribution in [3.8, 4) is 0 Å². The summed E-state index contributed by atoms with van der Waals surface area (Å²) in [6.45, 7) is 5.55. The van der Waals surface area contributed by atoms with Crippen LogP contribution in [0.5, 0.6) is 0 Å². The highest BCUT2D eigenvalue weighted by Crippen LogP contribution is 2.33. The number of aromatic nitrogens is 2. The van der Waals surface area contributed by atoms with Gasteiger partial charge >= 0.3 is 0 Å². The molecule has 4 nitrogen and oxygen atoms in total. The number of fused-ring (bicyclic) bond motifs is 1. The Bertz CT molecular complexity index is 726. The van der Waals surface area contributed by atoms with Crippen LogP contribution >= 0.6 is 11.3 Å². The van der Waals surface area contributed by atoms with Crippen molar-refractivity contribution in [3.05, 3.63) is 44.7 Å². The number of likely N-dealkylation sites (tertiary alicyclic amines) is 1. The smallest absolute Gasteiger partial charge is 0.263 e. The number of hydrogen-bond acceptors (Lipinski definition) is 4. The van der Waals surface area contributed by atoms with E-state index in [4.69, 9.17) is 0 Å². The van der Waals surface area contributed by atoms with Gasteiger partial charge in [0.1, 0.15) is 5.82 Å². The molecule has 2 aliphatic rings. The fourth-order valence-corrected chi connectivity index (χ4v) is 4.90. The molecule has 0 bridgehead atoms. The molecular formula is C18H21N3OS. The molecule has 1 amide bonds. The fraction of sp³-hybridized carbons (Fsp3) is 0.500. The highest BCUT2D eigenvalue weighted by Gasteiger charge is 2.31. The molecule has 1 atom stereocenters. The summed E-state index contributed by atoms with van der Waals surface area (Å²) in [7, 11) is 0. The Morgan fingerprint density at radius 3 is 2.74 bits per heavy atom. The van der Waals surface area contributed by atoms with Crippen LogP contribution in [-0.4, -0.2) is 33.9 Å². The number of rotatable bonds is 2. The maximum Gasteiger partial charge on any atom is 0.263 e. The second kappa shape index (κ2) is 5.71. The lowest BCUT2D eigenvalue weighted by Gasteiger charge is -2.15. The molecule has 1 aliphatic carbocycles. The van der Waals surface area contributed by atoms with Gasteiger partial charge in [0, 0.05) is 35.3 Å². The van der Waals surface area contributed by atoms with Crippen LogP contribution in [0.3, 0.4) is 0 Å². The molecule has 3 heterocycles. The van der Waals surface area contributed by atoms with Crippen LogP contribution in [0.1, 0.15) is 56.1 Å². The van der Waals surface area contributed by atoms with Gasteiger partial charge in [-0.05, 0) is 57.2 Å². The van der Waals surface area contributed by atoms with Crippen molar-refractivity contribution in [3.63, 3.8) is 0 Å². The van der Waals surface area contributed by atoms with Gasteiger partial charge in [-0.25, -0.2) is 9.97 Å². The van der Waals surface area contributed by atoms with Crippen molar-refractivity contribution in [1.29, 1.82) is 0 Å². The summed E-state index contributed by atoms with van der Waals surface area (Å²) in [6, 6.07) is 4.12. The van der Waals surface area contributed by atoms with Crippen LogP contribution < -0.4 is 0 Å². The number of nitrogens with zero attached hydrogens (tertiary/aromatic N) is 3. The van der Waals surface area contributed by atoms with E-state index in [-0.39, 0.29) is 11.8 Å². The quantitative estimate of drug-likeness (QED) is 0.850. The minimum Gasteiger partial charge on any atom is -0.337 e. The second-order valence-corrected chi connectivity index (χ2v) is 7.80. The number of carbonyl (C=O) groups excluding carboxylic acids is 1. The van der Waals surface area contributed by atoms with E-state index in [2.05, 4.69) is 16.0 Å². The largest absolute Gasteiger partial charge is 0.337 e. The summed E-state index contributed by atoms with van der Waals surface area (Å²) in [5.74, 6) is 1.35. The molecule has 0 aromatic carbocycles.